The van der Waals surface area contributed by atoms with Crippen LogP contribution in [0.1, 0.15) is 6.42 Å². The molecule has 130 valence electrons. The molecule has 0 saturated carbocycles. The summed E-state index contributed by atoms with van der Waals surface area (Å²) in [5.41, 5.74) is 0.521. The Balaban J connectivity index is 2.80. The average Bonchev–Trinajstić information content (AvgIpc) is 2.50. The Morgan fingerprint density at radius 2 is 1.92 bits per heavy atom. The number of hydrogen-bond donors (Lipinski definition) is 2. The number of urea groups is 1. The van der Waals surface area contributed by atoms with Gasteiger partial charge in [-0.25, -0.2) is 9.59 Å². The van der Waals surface area contributed by atoms with Crippen molar-refractivity contribution in [1.82, 2.24) is 4.90 Å². The van der Waals surface area contributed by atoms with Gasteiger partial charge in [0.25, 0.3) is 0 Å². The topological polar surface area (TPSA) is 70.7 Å². The van der Waals surface area contributed by atoms with Crippen LogP contribution in [0.3, 0.4) is 0 Å². The number of nitrogens with one attached hydrogen (secondary N) is 2. The first-order valence-electron chi connectivity index (χ1n) is 6.76. The van der Waals surface area contributed by atoms with Crippen LogP contribution < -0.4 is 10.6 Å². The molecule has 0 fully saturated rings. The molecule has 3 amide bonds. The summed E-state index contributed by atoms with van der Waals surface area (Å²) in [5.74, 6) is 2.19. The molecule has 24 heavy (non-hydrogen) atoms. The number of amides is 3. The van der Waals surface area contributed by atoms with E-state index < -0.39 is 24.8 Å². The molecule has 0 bridgehead atoms. The number of benzene rings is 1. The van der Waals surface area contributed by atoms with Gasteiger partial charge in [0.15, 0.2) is 0 Å². The largest absolute Gasteiger partial charge is 0.453 e. The number of carbonyl (C=O) groups excluding carboxylic acids is 2. The standard InChI is InChI=1S/C15H16F3N3O3/c1-3-4-8-21(10-15(16,17)18)13(22)19-11-6-5-7-12(9-11)20-14(23)24-2/h1,5-7,9H,4,8,10H2,2H3,(H,19,22)(H,20,23). The van der Waals surface area contributed by atoms with Crippen LogP contribution in [0.2, 0.25) is 0 Å². The molecule has 1 aromatic rings. The van der Waals surface area contributed by atoms with E-state index in [1.165, 1.54) is 31.4 Å². The van der Waals surface area contributed by atoms with Gasteiger partial charge in [0.1, 0.15) is 6.54 Å². The van der Waals surface area contributed by atoms with E-state index in [1.807, 2.05) is 0 Å². The van der Waals surface area contributed by atoms with Gasteiger partial charge in [-0.3, -0.25) is 5.32 Å². The lowest BCUT2D eigenvalue weighted by Crippen LogP contribution is -2.42. The quantitative estimate of drug-likeness (QED) is 0.806. The lowest BCUT2D eigenvalue weighted by atomic mass is 10.3. The summed E-state index contributed by atoms with van der Waals surface area (Å²) in [5, 5.41) is 4.71. The van der Waals surface area contributed by atoms with Crippen molar-refractivity contribution in [3.05, 3.63) is 24.3 Å². The van der Waals surface area contributed by atoms with Gasteiger partial charge in [-0.15, -0.1) is 12.3 Å². The highest BCUT2D eigenvalue weighted by Crippen LogP contribution is 2.19. The highest BCUT2D eigenvalue weighted by molar-refractivity contribution is 5.91. The fourth-order valence-electron chi connectivity index (χ4n) is 1.71. The summed E-state index contributed by atoms with van der Waals surface area (Å²) < 4.78 is 42.1. The van der Waals surface area contributed by atoms with Crippen LogP contribution in [0.4, 0.5) is 34.1 Å². The molecule has 0 aromatic heterocycles. The third-order valence-electron chi connectivity index (χ3n) is 2.73. The maximum Gasteiger partial charge on any atom is 0.411 e. The SMILES string of the molecule is C#CCCN(CC(F)(F)F)C(=O)Nc1cccc(NC(=O)OC)c1. The Morgan fingerprint density at radius 3 is 2.46 bits per heavy atom. The van der Waals surface area contributed by atoms with E-state index in [0.29, 0.717) is 10.6 Å². The first kappa shape index (κ1) is 19.2. The molecular formula is C15H16F3N3O3. The van der Waals surface area contributed by atoms with Crippen molar-refractivity contribution in [2.45, 2.75) is 12.6 Å². The van der Waals surface area contributed by atoms with E-state index in [4.69, 9.17) is 6.42 Å². The van der Waals surface area contributed by atoms with Gasteiger partial charge in [-0.2, -0.15) is 13.2 Å². The van der Waals surface area contributed by atoms with Gasteiger partial charge in [0.2, 0.25) is 0 Å². The van der Waals surface area contributed by atoms with Crippen molar-refractivity contribution >= 4 is 23.5 Å². The molecule has 0 heterocycles. The molecule has 0 aliphatic heterocycles. The lowest BCUT2D eigenvalue weighted by Gasteiger charge is -2.23. The summed E-state index contributed by atoms with van der Waals surface area (Å²) in [6.45, 7) is -1.65. The molecule has 0 radical (unpaired) electrons. The Bertz CT molecular complexity index is 626. The summed E-state index contributed by atoms with van der Waals surface area (Å²) in [7, 11) is 1.18. The predicted octanol–water partition coefficient (Wildman–Crippen LogP) is 3.28. The Kier molecular flexibility index (Phi) is 6.92. The zero-order valence-electron chi connectivity index (χ0n) is 12.8. The van der Waals surface area contributed by atoms with Crippen molar-refractivity contribution in [3.8, 4) is 12.3 Å². The van der Waals surface area contributed by atoms with E-state index in [9.17, 15) is 22.8 Å². The predicted molar refractivity (Wildman–Crippen MR) is 82.6 cm³/mol. The molecule has 0 aliphatic rings. The second-order valence-corrected chi connectivity index (χ2v) is 4.62. The first-order valence-corrected chi connectivity index (χ1v) is 6.76. The number of methoxy groups -OCH3 is 1. The number of terminal acetylenes is 1. The van der Waals surface area contributed by atoms with Crippen LogP contribution in [0, 0.1) is 12.3 Å². The van der Waals surface area contributed by atoms with E-state index in [0.717, 1.165) is 0 Å². The van der Waals surface area contributed by atoms with Crippen LogP contribution in [0.5, 0.6) is 0 Å². The molecule has 0 aliphatic carbocycles. The molecule has 1 rings (SSSR count). The summed E-state index contributed by atoms with van der Waals surface area (Å²) in [6.07, 6.45) is -0.233. The maximum absolute atomic E-state index is 12.5. The second-order valence-electron chi connectivity index (χ2n) is 4.62. The van der Waals surface area contributed by atoms with Crippen LogP contribution in [0.15, 0.2) is 24.3 Å². The molecule has 0 spiro atoms. The molecule has 0 saturated heterocycles. The maximum atomic E-state index is 12.5. The van der Waals surface area contributed by atoms with Gasteiger partial charge >= 0.3 is 18.3 Å². The molecule has 6 nitrogen and oxygen atoms in total. The number of anilines is 2. The van der Waals surface area contributed by atoms with Gasteiger partial charge < -0.3 is 15.0 Å². The fraction of sp³-hybridized carbons (Fsp3) is 0.333. The van der Waals surface area contributed by atoms with Gasteiger partial charge in [-0.05, 0) is 18.2 Å². The van der Waals surface area contributed by atoms with Gasteiger partial charge in [-0.1, -0.05) is 6.07 Å². The van der Waals surface area contributed by atoms with E-state index >= 15 is 0 Å². The van der Waals surface area contributed by atoms with Crippen molar-refractivity contribution in [1.29, 1.82) is 0 Å². The monoisotopic (exact) mass is 343 g/mol. The number of carbonyl (C=O) groups is 2. The van der Waals surface area contributed by atoms with Crippen molar-refractivity contribution in [2.75, 3.05) is 30.8 Å². The van der Waals surface area contributed by atoms with Crippen LogP contribution in [0.25, 0.3) is 0 Å². The minimum atomic E-state index is -4.54. The second kappa shape index (κ2) is 8.67. The fourth-order valence-corrected chi connectivity index (χ4v) is 1.71. The van der Waals surface area contributed by atoms with Crippen LogP contribution in [-0.2, 0) is 4.74 Å². The normalized spacial score (nSPS) is 10.5. The zero-order valence-corrected chi connectivity index (χ0v) is 12.8. The third kappa shape index (κ3) is 6.91. The minimum absolute atomic E-state index is 0.00651. The smallest absolute Gasteiger partial charge is 0.411 e. The van der Waals surface area contributed by atoms with Crippen molar-refractivity contribution in [2.24, 2.45) is 0 Å². The summed E-state index contributed by atoms with van der Waals surface area (Å²) in [4.78, 5) is 23.7. The number of rotatable bonds is 5. The Hall–Kier alpha value is -2.89. The molecule has 0 atom stereocenters. The van der Waals surface area contributed by atoms with Gasteiger partial charge in [0.05, 0.1) is 7.11 Å². The lowest BCUT2D eigenvalue weighted by molar-refractivity contribution is -0.139. The molecule has 1 aromatic carbocycles. The number of halogens is 3. The average molecular weight is 343 g/mol. The number of alkyl halides is 3. The minimum Gasteiger partial charge on any atom is -0.453 e. The van der Waals surface area contributed by atoms with Crippen molar-refractivity contribution < 1.29 is 27.5 Å². The number of ether oxygens (including phenoxy) is 1. The molecule has 9 heteroatoms. The van der Waals surface area contributed by atoms with Crippen LogP contribution >= 0.6 is 0 Å². The van der Waals surface area contributed by atoms with Gasteiger partial charge in [0, 0.05) is 24.3 Å². The number of nitrogens with zero attached hydrogens (tertiary/aromatic N) is 1. The summed E-state index contributed by atoms with van der Waals surface area (Å²) >= 11 is 0. The Morgan fingerprint density at radius 1 is 1.29 bits per heavy atom. The third-order valence-corrected chi connectivity index (χ3v) is 2.73. The molecule has 0 unspecified atom stereocenters. The van der Waals surface area contributed by atoms with Crippen LogP contribution in [-0.4, -0.2) is 43.4 Å². The zero-order chi connectivity index (χ0) is 18.2. The van der Waals surface area contributed by atoms with Crippen molar-refractivity contribution in [3.63, 3.8) is 0 Å². The highest BCUT2D eigenvalue weighted by Gasteiger charge is 2.32. The Labute approximate surface area is 137 Å². The number of hydrogen-bond acceptors (Lipinski definition) is 3. The van der Waals surface area contributed by atoms with E-state index in [2.05, 4.69) is 21.3 Å². The first-order chi connectivity index (χ1) is 11.2. The van der Waals surface area contributed by atoms with E-state index in [1.54, 1.807) is 0 Å². The summed E-state index contributed by atoms with van der Waals surface area (Å²) in [6, 6.07) is 4.93. The van der Waals surface area contributed by atoms with E-state index in [-0.39, 0.29) is 18.7 Å². The highest BCUT2D eigenvalue weighted by atomic mass is 19.4. The molecular weight excluding hydrogens is 327 g/mol. The molecule has 2 N–H and O–H groups in total.